The number of hydrogen-bond donors (Lipinski definition) is 2. The average molecular weight is 378 g/mol. The molecule has 0 aromatic heterocycles. The molecular formula is C22H22N2O4. The van der Waals surface area contributed by atoms with Crippen molar-refractivity contribution in [2.75, 3.05) is 32.0 Å². The summed E-state index contributed by atoms with van der Waals surface area (Å²) in [6.07, 6.45) is 0. The van der Waals surface area contributed by atoms with Crippen molar-refractivity contribution in [3.05, 3.63) is 72.3 Å². The van der Waals surface area contributed by atoms with Gasteiger partial charge in [0.25, 0.3) is 5.91 Å². The highest BCUT2D eigenvalue weighted by molar-refractivity contribution is 6.04. The molecule has 0 fully saturated rings. The fourth-order valence-electron chi connectivity index (χ4n) is 2.65. The molecule has 0 radical (unpaired) electrons. The van der Waals surface area contributed by atoms with Gasteiger partial charge in [0.15, 0.2) is 0 Å². The van der Waals surface area contributed by atoms with Gasteiger partial charge in [-0.2, -0.15) is 0 Å². The monoisotopic (exact) mass is 378 g/mol. The van der Waals surface area contributed by atoms with Crippen LogP contribution in [0, 0.1) is 0 Å². The Morgan fingerprint density at radius 3 is 1.89 bits per heavy atom. The molecule has 1 amide bonds. The van der Waals surface area contributed by atoms with E-state index < -0.39 is 0 Å². The summed E-state index contributed by atoms with van der Waals surface area (Å²) in [4.78, 5) is 12.5. The van der Waals surface area contributed by atoms with E-state index >= 15 is 0 Å². The predicted molar refractivity (Wildman–Crippen MR) is 110 cm³/mol. The maximum Gasteiger partial charge on any atom is 0.255 e. The van der Waals surface area contributed by atoms with Crippen LogP contribution in [0.4, 0.5) is 17.1 Å². The quantitative estimate of drug-likeness (QED) is 0.623. The van der Waals surface area contributed by atoms with E-state index in [0.717, 1.165) is 17.1 Å². The smallest absolute Gasteiger partial charge is 0.255 e. The number of ether oxygens (including phenoxy) is 3. The van der Waals surface area contributed by atoms with Crippen molar-refractivity contribution in [1.82, 2.24) is 0 Å². The molecule has 2 N–H and O–H groups in total. The Morgan fingerprint density at radius 2 is 1.29 bits per heavy atom. The van der Waals surface area contributed by atoms with Crippen molar-refractivity contribution in [2.24, 2.45) is 0 Å². The number of carbonyl (C=O) groups excluding carboxylic acids is 1. The summed E-state index contributed by atoms with van der Waals surface area (Å²) in [6.45, 7) is 0. The molecule has 0 aliphatic heterocycles. The van der Waals surface area contributed by atoms with Gasteiger partial charge in [-0.25, -0.2) is 0 Å². The minimum absolute atomic E-state index is 0.245. The minimum atomic E-state index is -0.245. The SMILES string of the molecule is COc1cccc(Nc2ccc(NC(=O)c3cc(OC)cc(OC)c3)cc2)c1. The van der Waals surface area contributed by atoms with Crippen LogP contribution in [0.1, 0.15) is 10.4 Å². The fraction of sp³-hybridized carbons (Fsp3) is 0.136. The van der Waals surface area contributed by atoms with Crippen LogP contribution in [-0.4, -0.2) is 27.2 Å². The lowest BCUT2D eigenvalue weighted by Crippen LogP contribution is -2.12. The van der Waals surface area contributed by atoms with Crippen LogP contribution in [0.5, 0.6) is 17.2 Å². The summed E-state index contributed by atoms with van der Waals surface area (Å²) < 4.78 is 15.6. The molecule has 0 saturated carbocycles. The standard InChI is InChI=1S/C22H22N2O4/c1-26-19-6-4-5-18(13-19)23-16-7-9-17(10-8-16)24-22(25)15-11-20(27-2)14-21(12-15)28-3/h4-14,23H,1-3H3,(H,24,25). The number of nitrogens with one attached hydrogen (secondary N) is 2. The third-order valence-electron chi connectivity index (χ3n) is 4.11. The molecule has 3 aromatic carbocycles. The van der Waals surface area contributed by atoms with Gasteiger partial charge in [-0.15, -0.1) is 0 Å². The summed E-state index contributed by atoms with van der Waals surface area (Å²) in [5.41, 5.74) is 2.95. The lowest BCUT2D eigenvalue weighted by atomic mass is 10.1. The van der Waals surface area contributed by atoms with Gasteiger partial charge in [0.05, 0.1) is 21.3 Å². The normalized spacial score (nSPS) is 10.1. The van der Waals surface area contributed by atoms with Gasteiger partial charge in [-0.3, -0.25) is 4.79 Å². The van der Waals surface area contributed by atoms with Crippen LogP contribution in [0.25, 0.3) is 0 Å². The first-order valence-corrected chi connectivity index (χ1v) is 8.67. The van der Waals surface area contributed by atoms with Crippen LogP contribution in [0.2, 0.25) is 0 Å². The zero-order valence-corrected chi connectivity index (χ0v) is 16.0. The zero-order chi connectivity index (χ0) is 19.9. The molecule has 0 heterocycles. The highest BCUT2D eigenvalue weighted by atomic mass is 16.5. The van der Waals surface area contributed by atoms with Gasteiger partial charge in [-0.05, 0) is 48.5 Å². The average Bonchev–Trinajstić information content (AvgIpc) is 2.74. The second-order valence-electron chi connectivity index (χ2n) is 5.99. The van der Waals surface area contributed by atoms with Gasteiger partial charge >= 0.3 is 0 Å². The van der Waals surface area contributed by atoms with Crippen molar-refractivity contribution in [3.63, 3.8) is 0 Å². The van der Waals surface area contributed by atoms with Crippen molar-refractivity contribution in [1.29, 1.82) is 0 Å². The number of anilines is 3. The van der Waals surface area contributed by atoms with E-state index in [0.29, 0.717) is 22.7 Å². The molecule has 0 spiro atoms. The third-order valence-corrected chi connectivity index (χ3v) is 4.11. The van der Waals surface area contributed by atoms with Crippen molar-refractivity contribution in [3.8, 4) is 17.2 Å². The number of rotatable bonds is 7. The van der Waals surface area contributed by atoms with E-state index in [2.05, 4.69) is 10.6 Å². The van der Waals surface area contributed by atoms with Crippen molar-refractivity contribution in [2.45, 2.75) is 0 Å². The van der Waals surface area contributed by atoms with E-state index in [-0.39, 0.29) is 5.91 Å². The molecule has 0 bridgehead atoms. The molecule has 0 saturated heterocycles. The number of methoxy groups -OCH3 is 3. The first-order chi connectivity index (χ1) is 13.6. The fourth-order valence-corrected chi connectivity index (χ4v) is 2.65. The van der Waals surface area contributed by atoms with Crippen LogP contribution in [0.3, 0.4) is 0 Å². The summed E-state index contributed by atoms with van der Waals surface area (Å²) >= 11 is 0. The highest BCUT2D eigenvalue weighted by Gasteiger charge is 2.10. The Hall–Kier alpha value is -3.67. The lowest BCUT2D eigenvalue weighted by molar-refractivity contribution is 0.102. The minimum Gasteiger partial charge on any atom is -0.497 e. The molecular weight excluding hydrogens is 356 g/mol. The molecule has 3 aromatic rings. The molecule has 0 aliphatic carbocycles. The molecule has 28 heavy (non-hydrogen) atoms. The van der Waals surface area contributed by atoms with Crippen molar-refractivity contribution >= 4 is 23.0 Å². The van der Waals surface area contributed by atoms with Crippen LogP contribution >= 0.6 is 0 Å². The molecule has 0 unspecified atom stereocenters. The number of amides is 1. The molecule has 144 valence electrons. The van der Waals surface area contributed by atoms with Crippen LogP contribution in [-0.2, 0) is 0 Å². The second kappa shape index (κ2) is 8.81. The molecule has 0 atom stereocenters. The van der Waals surface area contributed by atoms with Gasteiger partial charge in [0.2, 0.25) is 0 Å². The Bertz CT molecular complexity index is 933. The van der Waals surface area contributed by atoms with E-state index in [1.54, 1.807) is 39.5 Å². The topological polar surface area (TPSA) is 68.8 Å². The summed E-state index contributed by atoms with van der Waals surface area (Å²) in [7, 11) is 4.73. The second-order valence-corrected chi connectivity index (χ2v) is 5.99. The van der Waals surface area contributed by atoms with Gasteiger partial charge in [0, 0.05) is 34.8 Å². The summed E-state index contributed by atoms with van der Waals surface area (Å²) in [5, 5.41) is 6.17. The van der Waals surface area contributed by atoms with Gasteiger partial charge < -0.3 is 24.8 Å². The maximum atomic E-state index is 12.5. The number of hydrogen-bond acceptors (Lipinski definition) is 5. The molecule has 6 heteroatoms. The maximum absolute atomic E-state index is 12.5. The van der Waals surface area contributed by atoms with E-state index in [1.807, 2.05) is 48.5 Å². The van der Waals surface area contributed by atoms with Gasteiger partial charge in [-0.1, -0.05) is 6.07 Å². The largest absolute Gasteiger partial charge is 0.497 e. The van der Waals surface area contributed by atoms with E-state index in [9.17, 15) is 4.79 Å². The van der Waals surface area contributed by atoms with Crippen LogP contribution in [0.15, 0.2) is 66.7 Å². The molecule has 0 aliphatic rings. The zero-order valence-electron chi connectivity index (χ0n) is 16.0. The number of benzene rings is 3. The Morgan fingerprint density at radius 1 is 0.679 bits per heavy atom. The molecule has 6 nitrogen and oxygen atoms in total. The molecule has 3 rings (SSSR count). The lowest BCUT2D eigenvalue weighted by Gasteiger charge is -2.11. The van der Waals surface area contributed by atoms with Crippen LogP contribution < -0.4 is 24.8 Å². The van der Waals surface area contributed by atoms with Crippen molar-refractivity contribution < 1.29 is 19.0 Å². The number of carbonyl (C=O) groups is 1. The summed E-state index contributed by atoms with van der Waals surface area (Å²) in [6, 6.07) is 20.1. The highest BCUT2D eigenvalue weighted by Crippen LogP contribution is 2.25. The Balaban J connectivity index is 1.69. The van der Waals surface area contributed by atoms with Gasteiger partial charge in [0.1, 0.15) is 17.2 Å². The first kappa shape index (κ1) is 19.1. The summed E-state index contributed by atoms with van der Waals surface area (Å²) in [5.74, 6) is 1.65. The van der Waals surface area contributed by atoms with E-state index in [4.69, 9.17) is 14.2 Å². The first-order valence-electron chi connectivity index (χ1n) is 8.67. The third kappa shape index (κ3) is 4.73. The predicted octanol–water partition coefficient (Wildman–Crippen LogP) is 4.71. The van der Waals surface area contributed by atoms with E-state index in [1.165, 1.54) is 0 Å². The Kier molecular flexibility index (Phi) is 6.01. The Labute approximate surface area is 164 Å².